The van der Waals surface area contributed by atoms with Crippen molar-refractivity contribution in [3.63, 3.8) is 0 Å². The van der Waals surface area contributed by atoms with E-state index in [1.54, 1.807) is 11.3 Å². The molecule has 0 saturated heterocycles. The van der Waals surface area contributed by atoms with Crippen LogP contribution in [0.2, 0.25) is 0 Å². The van der Waals surface area contributed by atoms with Gasteiger partial charge in [0.05, 0.1) is 11.2 Å². The van der Waals surface area contributed by atoms with Crippen LogP contribution in [0.15, 0.2) is 10.9 Å². The maximum absolute atomic E-state index is 5.50. The first-order valence-electron chi connectivity index (χ1n) is 4.60. The molecule has 3 N–H and O–H groups in total. The summed E-state index contributed by atoms with van der Waals surface area (Å²) in [6.45, 7) is 4.90. The van der Waals surface area contributed by atoms with Crippen LogP contribution in [0.25, 0.3) is 0 Å². The Kier molecular flexibility index (Phi) is 4.97. The summed E-state index contributed by atoms with van der Waals surface area (Å²) < 4.78 is 0. The molecule has 0 aliphatic carbocycles. The van der Waals surface area contributed by atoms with Crippen molar-refractivity contribution in [2.75, 3.05) is 19.6 Å². The van der Waals surface area contributed by atoms with Gasteiger partial charge in [-0.15, -0.1) is 11.3 Å². The molecule has 0 fully saturated rings. The number of hydrogen-bond donors (Lipinski definition) is 2. The summed E-state index contributed by atoms with van der Waals surface area (Å²) in [6.07, 6.45) is 1.01. The quantitative estimate of drug-likeness (QED) is 0.668. The molecule has 4 heteroatoms. The van der Waals surface area contributed by atoms with Gasteiger partial charge < -0.3 is 11.1 Å². The van der Waals surface area contributed by atoms with Crippen LogP contribution in [0, 0.1) is 5.92 Å². The molecule has 0 radical (unpaired) electrons. The van der Waals surface area contributed by atoms with E-state index in [1.165, 1.54) is 5.69 Å². The van der Waals surface area contributed by atoms with Crippen LogP contribution >= 0.6 is 11.3 Å². The van der Waals surface area contributed by atoms with Crippen LogP contribution in [0.3, 0.4) is 0 Å². The maximum atomic E-state index is 5.50. The van der Waals surface area contributed by atoms with Gasteiger partial charge >= 0.3 is 0 Å². The van der Waals surface area contributed by atoms with E-state index >= 15 is 0 Å². The molecule has 0 aromatic carbocycles. The molecule has 1 rings (SSSR count). The molecule has 0 aliphatic rings. The van der Waals surface area contributed by atoms with E-state index in [1.807, 2.05) is 5.51 Å². The van der Waals surface area contributed by atoms with Crippen LogP contribution in [0.5, 0.6) is 0 Å². The van der Waals surface area contributed by atoms with Crippen LogP contribution in [0.1, 0.15) is 12.6 Å². The van der Waals surface area contributed by atoms with Crippen LogP contribution in [-0.2, 0) is 6.42 Å². The molecule has 13 heavy (non-hydrogen) atoms. The molecule has 1 unspecified atom stereocenters. The van der Waals surface area contributed by atoms with Crippen molar-refractivity contribution in [2.24, 2.45) is 11.7 Å². The molecule has 3 nitrogen and oxygen atoms in total. The Morgan fingerprint density at radius 3 is 3.15 bits per heavy atom. The number of nitrogens with two attached hydrogens (primary N) is 1. The second-order valence-electron chi connectivity index (χ2n) is 3.27. The molecule has 1 aromatic heterocycles. The predicted molar refractivity (Wildman–Crippen MR) is 56.9 cm³/mol. The summed E-state index contributed by atoms with van der Waals surface area (Å²) in [6, 6.07) is 0. The second kappa shape index (κ2) is 6.07. The third kappa shape index (κ3) is 4.36. The number of hydrogen-bond acceptors (Lipinski definition) is 4. The molecular formula is C9H17N3S. The van der Waals surface area contributed by atoms with E-state index in [-0.39, 0.29) is 0 Å². The molecule has 1 atom stereocenters. The molecule has 1 heterocycles. The summed E-state index contributed by atoms with van der Waals surface area (Å²) in [7, 11) is 0. The Morgan fingerprint density at radius 1 is 1.69 bits per heavy atom. The zero-order valence-corrected chi connectivity index (χ0v) is 8.81. The van der Waals surface area contributed by atoms with Gasteiger partial charge in [-0.2, -0.15) is 0 Å². The van der Waals surface area contributed by atoms with Crippen molar-refractivity contribution >= 4 is 11.3 Å². The SMILES string of the molecule is CC(CN)CNCCc1cscn1. The molecule has 0 aliphatic heterocycles. The molecule has 0 spiro atoms. The fraction of sp³-hybridized carbons (Fsp3) is 0.667. The van der Waals surface area contributed by atoms with E-state index in [0.29, 0.717) is 5.92 Å². The minimum atomic E-state index is 0.565. The first-order valence-corrected chi connectivity index (χ1v) is 5.55. The summed E-state index contributed by atoms with van der Waals surface area (Å²) >= 11 is 1.65. The van der Waals surface area contributed by atoms with Crippen LogP contribution < -0.4 is 11.1 Å². The first-order chi connectivity index (χ1) is 6.33. The summed E-state index contributed by atoms with van der Waals surface area (Å²) in [4.78, 5) is 4.21. The highest BCUT2D eigenvalue weighted by Gasteiger charge is 1.98. The largest absolute Gasteiger partial charge is 0.330 e. The maximum Gasteiger partial charge on any atom is 0.0794 e. The van der Waals surface area contributed by atoms with Gasteiger partial charge in [0.1, 0.15) is 0 Å². The van der Waals surface area contributed by atoms with Crippen molar-refractivity contribution < 1.29 is 0 Å². The van der Waals surface area contributed by atoms with Gasteiger partial charge in [-0.3, -0.25) is 0 Å². The van der Waals surface area contributed by atoms with E-state index in [0.717, 1.165) is 26.1 Å². The van der Waals surface area contributed by atoms with Gasteiger partial charge in [0.2, 0.25) is 0 Å². The Bertz CT molecular complexity index is 211. The Morgan fingerprint density at radius 2 is 2.54 bits per heavy atom. The van der Waals surface area contributed by atoms with E-state index in [4.69, 9.17) is 5.73 Å². The fourth-order valence-corrected chi connectivity index (χ4v) is 1.60. The second-order valence-corrected chi connectivity index (χ2v) is 3.99. The fourth-order valence-electron chi connectivity index (χ4n) is 1.01. The molecular weight excluding hydrogens is 182 g/mol. The van der Waals surface area contributed by atoms with Crippen LogP contribution in [-0.4, -0.2) is 24.6 Å². The number of aromatic nitrogens is 1. The van der Waals surface area contributed by atoms with Crippen molar-refractivity contribution in [2.45, 2.75) is 13.3 Å². The topological polar surface area (TPSA) is 50.9 Å². The summed E-state index contributed by atoms with van der Waals surface area (Å²) in [5.74, 6) is 0.565. The van der Waals surface area contributed by atoms with E-state index < -0.39 is 0 Å². The zero-order valence-electron chi connectivity index (χ0n) is 7.99. The third-order valence-corrected chi connectivity index (χ3v) is 2.57. The van der Waals surface area contributed by atoms with Crippen molar-refractivity contribution in [3.8, 4) is 0 Å². The standard InChI is InChI=1S/C9H17N3S/c1-8(4-10)5-11-3-2-9-6-13-7-12-9/h6-8,11H,2-5,10H2,1H3. The molecule has 74 valence electrons. The average Bonchev–Trinajstić information content (AvgIpc) is 2.64. The number of nitrogens with one attached hydrogen (secondary N) is 1. The smallest absolute Gasteiger partial charge is 0.0794 e. The van der Waals surface area contributed by atoms with Gasteiger partial charge in [-0.05, 0) is 19.0 Å². The lowest BCUT2D eigenvalue weighted by molar-refractivity contribution is 0.523. The highest BCUT2D eigenvalue weighted by Crippen LogP contribution is 2.00. The van der Waals surface area contributed by atoms with Crippen molar-refractivity contribution in [1.29, 1.82) is 0 Å². The number of nitrogens with zero attached hydrogens (tertiary/aromatic N) is 1. The normalized spacial score (nSPS) is 13.1. The number of rotatable bonds is 6. The lowest BCUT2D eigenvalue weighted by Gasteiger charge is -2.08. The van der Waals surface area contributed by atoms with E-state index in [9.17, 15) is 0 Å². The van der Waals surface area contributed by atoms with Gasteiger partial charge in [0.15, 0.2) is 0 Å². The van der Waals surface area contributed by atoms with E-state index in [2.05, 4.69) is 22.6 Å². The Labute approximate surface area is 83.4 Å². The van der Waals surface area contributed by atoms with Crippen LogP contribution in [0.4, 0.5) is 0 Å². The predicted octanol–water partition coefficient (Wildman–Crippen LogP) is 0.870. The molecule has 0 amide bonds. The zero-order chi connectivity index (χ0) is 9.52. The monoisotopic (exact) mass is 199 g/mol. The molecule has 0 saturated carbocycles. The Hall–Kier alpha value is -0.450. The summed E-state index contributed by atoms with van der Waals surface area (Å²) in [5, 5.41) is 5.45. The van der Waals surface area contributed by atoms with Gasteiger partial charge in [-0.25, -0.2) is 4.98 Å². The Balaban J connectivity index is 2.02. The van der Waals surface area contributed by atoms with Crippen molar-refractivity contribution in [1.82, 2.24) is 10.3 Å². The minimum Gasteiger partial charge on any atom is -0.330 e. The van der Waals surface area contributed by atoms with Gasteiger partial charge in [0.25, 0.3) is 0 Å². The molecule has 0 bridgehead atoms. The lowest BCUT2D eigenvalue weighted by atomic mass is 10.2. The average molecular weight is 199 g/mol. The first kappa shape index (κ1) is 10.6. The highest BCUT2D eigenvalue weighted by atomic mass is 32.1. The van der Waals surface area contributed by atoms with Gasteiger partial charge in [-0.1, -0.05) is 6.92 Å². The third-order valence-electron chi connectivity index (χ3n) is 1.94. The number of thiazole rings is 1. The van der Waals surface area contributed by atoms with Crippen molar-refractivity contribution in [3.05, 3.63) is 16.6 Å². The highest BCUT2D eigenvalue weighted by molar-refractivity contribution is 7.07. The minimum absolute atomic E-state index is 0.565. The lowest BCUT2D eigenvalue weighted by Crippen LogP contribution is -2.27. The van der Waals surface area contributed by atoms with Gasteiger partial charge in [0, 0.05) is 18.3 Å². The molecule has 1 aromatic rings. The summed E-state index contributed by atoms with van der Waals surface area (Å²) in [5.41, 5.74) is 8.55.